The van der Waals surface area contributed by atoms with E-state index in [2.05, 4.69) is 50.5 Å². The molecule has 20 heteroatoms. The Labute approximate surface area is 339 Å². The maximum atomic E-state index is 8.70. The molecule has 0 aromatic rings. The molecule has 0 bridgehead atoms. The van der Waals surface area contributed by atoms with Gasteiger partial charge in [-0.25, -0.2) is 0 Å². The fourth-order valence-electron chi connectivity index (χ4n) is 0. The van der Waals surface area contributed by atoms with E-state index in [0.29, 0.717) is 0 Å². The van der Waals surface area contributed by atoms with E-state index in [1.165, 1.54) is 0 Å². The SMILES string of the molecule is O=C([O-])[S-].O=C([O-])[S-].O=C([O-])[S-].O=C([O-])[S-].[Na+].[Na+].[Na+].[Na+].[Na+].[Na+].[Na+].[Na+]. The quantitative estimate of drug-likeness (QED) is 0.234. The van der Waals surface area contributed by atoms with E-state index in [-0.39, 0.29) is 236 Å². The van der Waals surface area contributed by atoms with Gasteiger partial charge >= 0.3 is 236 Å². The average Bonchev–Trinajstić information content (AvgIpc) is 1.76. The zero-order chi connectivity index (χ0) is 14.3. The summed E-state index contributed by atoms with van der Waals surface area (Å²) in [5.74, 6) is 0. The predicted octanol–water partition coefficient (Wildman–Crippen LogP) is -28.5. The first kappa shape index (κ1) is 77.4. The van der Waals surface area contributed by atoms with Crippen LogP contribution >= 0.6 is 0 Å². The predicted molar refractivity (Wildman–Crippen MR) is 51.0 cm³/mol. The van der Waals surface area contributed by atoms with Gasteiger partial charge in [0.2, 0.25) is 0 Å². The fourth-order valence-corrected chi connectivity index (χ4v) is 0. The largest absolute Gasteiger partial charge is 1.00 e. The van der Waals surface area contributed by atoms with Crippen molar-refractivity contribution in [3.63, 3.8) is 0 Å². The summed E-state index contributed by atoms with van der Waals surface area (Å²) in [5.41, 5.74) is 0. The van der Waals surface area contributed by atoms with Crippen LogP contribution in [0.4, 0.5) is 19.2 Å². The van der Waals surface area contributed by atoms with Crippen molar-refractivity contribution in [1.29, 1.82) is 0 Å². The molecule has 24 heavy (non-hydrogen) atoms. The first-order valence-corrected chi connectivity index (χ1v) is 4.08. The Bertz CT molecular complexity index is 186. The van der Waals surface area contributed by atoms with Crippen molar-refractivity contribution in [1.82, 2.24) is 0 Å². The second-order valence-electron chi connectivity index (χ2n) is 1.00. The van der Waals surface area contributed by atoms with Crippen molar-refractivity contribution in [3.05, 3.63) is 0 Å². The van der Waals surface area contributed by atoms with E-state index in [1.807, 2.05) is 0 Å². The maximum absolute atomic E-state index is 8.70. The zero-order valence-electron chi connectivity index (χ0n) is 14.9. The van der Waals surface area contributed by atoms with Crippen LogP contribution in [-0.2, 0) is 50.5 Å². The van der Waals surface area contributed by atoms with E-state index in [4.69, 9.17) is 39.6 Å². The molecule has 0 aliphatic carbocycles. The van der Waals surface area contributed by atoms with Crippen LogP contribution in [0.2, 0.25) is 0 Å². The number of hydrogen-bond donors (Lipinski definition) is 0. The van der Waals surface area contributed by atoms with Gasteiger partial charge in [0.25, 0.3) is 0 Å². The van der Waals surface area contributed by atoms with Gasteiger partial charge in [0, 0.05) is 0 Å². The minimum atomic E-state index is -1.50. The number of carbonyl (C=O) groups excluding carboxylic acids is 4. The van der Waals surface area contributed by atoms with Crippen LogP contribution in [0.15, 0.2) is 0 Å². The first-order chi connectivity index (χ1) is 6.93. The minimum absolute atomic E-state index is 0. The normalized spacial score (nSPS) is 4.00. The smallest absolute Gasteiger partial charge is 0.764 e. The van der Waals surface area contributed by atoms with Gasteiger partial charge < -0.3 is 90.1 Å². The summed E-state index contributed by atoms with van der Waals surface area (Å²) < 4.78 is 0. The molecule has 0 aromatic carbocycles. The molecule has 0 heterocycles. The molecule has 0 saturated heterocycles. The Balaban J connectivity index is -0.00000000720. The Kier molecular flexibility index (Phi) is 226. The third-order valence-electron chi connectivity index (χ3n) is 0. The van der Waals surface area contributed by atoms with Crippen LogP contribution in [0.5, 0.6) is 0 Å². The topological polar surface area (TPSA) is 161 Å². The summed E-state index contributed by atoms with van der Waals surface area (Å²) in [6, 6.07) is 0. The van der Waals surface area contributed by atoms with Crippen molar-refractivity contribution >= 4 is 71.7 Å². The summed E-state index contributed by atoms with van der Waals surface area (Å²) in [4.78, 5) is 34.8. The van der Waals surface area contributed by atoms with Crippen molar-refractivity contribution in [2.24, 2.45) is 0 Å². The van der Waals surface area contributed by atoms with Gasteiger partial charge in [-0.2, -0.15) is 0 Å². The van der Waals surface area contributed by atoms with E-state index in [1.54, 1.807) is 0 Å². The summed E-state index contributed by atoms with van der Waals surface area (Å²) >= 11 is 13.7. The molecule has 0 aromatic heterocycles. The molecule has 0 amide bonds. The summed E-state index contributed by atoms with van der Waals surface area (Å²) in [6.07, 6.45) is 0. The van der Waals surface area contributed by atoms with E-state index < -0.39 is 21.2 Å². The van der Waals surface area contributed by atoms with Crippen molar-refractivity contribution in [3.8, 4) is 0 Å². The molecule has 0 saturated carbocycles. The molecular weight excluding hydrogens is 488 g/mol. The molecule has 0 N–H and O–H groups in total. The molecule has 0 atom stereocenters. The third-order valence-corrected chi connectivity index (χ3v) is 0. The Hall–Kier alpha value is 6.76. The van der Waals surface area contributed by atoms with Gasteiger partial charge in [-0.1, -0.05) is 21.2 Å². The number of carbonyl (C=O) groups is 4. The Morgan fingerprint density at radius 2 is 0.375 bits per heavy atom. The van der Waals surface area contributed by atoms with Crippen LogP contribution in [-0.4, -0.2) is 21.2 Å². The average molecular weight is 488 g/mol. The first-order valence-electron chi connectivity index (χ1n) is 2.45. The Morgan fingerprint density at radius 1 is 0.375 bits per heavy atom. The van der Waals surface area contributed by atoms with Gasteiger partial charge in [0.15, 0.2) is 0 Å². The summed E-state index contributed by atoms with van der Waals surface area (Å²) in [6.45, 7) is 0. The minimum Gasteiger partial charge on any atom is -0.764 e. The van der Waals surface area contributed by atoms with Crippen molar-refractivity contribution in [2.45, 2.75) is 0 Å². The zero-order valence-corrected chi connectivity index (χ0v) is 34.2. The van der Waals surface area contributed by atoms with Crippen LogP contribution in [0, 0.1) is 0 Å². The van der Waals surface area contributed by atoms with Crippen LogP contribution < -0.4 is 257 Å². The number of carboxylic acid groups (broad SMARTS) is 4. The molecule has 0 aliphatic heterocycles. The number of hydrogen-bond acceptors (Lipinski definition) is 12. The molecule has 0 aliphatic rings. The molecule has 0 unspecified atom stereocenters. The van der Waals surface area contributed by atoms with Gasteiger partial charge in [-0.05, 0) is 0 Å². The third kappa shape index (κ3) is 485. The monoisotopic (exact) mass is 488 g/mol. The molecule has 8 nitrogen and oxygen atoms in total. The molecule has 96 valence electrons. The molecule has 0 rings (SSSR count). The van der Waals surface area contributed by atoms with E-state index in [9.17, 15) is 0 Å². The second-order valence-corrected chi connectivity index (χ2v) is 2.33. The molecular formula is C4Na8O8S4. The van der Waals surface area contributed by atoms with E-state index >= 15 is 0 Å². The standard InChI is InChI=1S/4CH2O2S.8Na/c4*2-1(3)4;;;;;;;;/h4*4H,(H,2,3);;;;;;;;/q;;;;8*+1/p-8. The molecule has 0 radical (unpaired) electrons. The molecule has 0 spiro atoms. The van der Waals surface area contributed by atoms with Crippen molar-refractivity contribution < 1.29 is 276 Å². The van der Waals surface area contributed by atoms with Gasteiger partial charge in [0.1, 0.15) is 0 Å². The summed E-state index contributed by atoms with van der Waals surface area (Å²) in [7, 11) is 0. The van der Waals surface area contributed by atoms with Crippen LogP contribution in [0.3, 0.4) is 0 Å². The maximum Gasteiger partial charge on any atom is 1.00 e. The Morgan fingerprint density at radius 3 is 0.375 bits per heavy atom. The van der Waals surface area contributed by atoms with Crippen LogP contribution in [0.1, 0.15) is 0 Å². The summed E-state index contributed by atoms with van der Waals surface area (Å²) in [5, 5.41) is 28.8. The van der Waals surface area contributed by atoms with Crippen LogP contribution in [0.25, 0.3) is 0 Å². The second kappa shape index (κ2) is 69.9. The van der Waals surface area contributed by atoms with Gasteiger partial charge in [-0.3, -0.25) is 0 Å². The molecule has 0 fully saturated rings. The van der Waals surface area contributed by atoms with E-state index in [0.717, 1.165) is 0 Å². The van der Waals surface area contributed by atoms with Gasteiger partial charge in [0.05, 0.1) is 0 Å². The van der Waals surface area contributed by atoms with Gasteiger partial charge in [-0.15, -0.1) is 0 Å². The fraction of sp³-hybridized carbons (Fsp3) is 0. The number of rotatable bonds is 0. The van der Waals surface area contributed by atoms with Crippen molar-refractivity contribution in [2.75, 3.05) is 0 Å².